The van der Waals surface area contributed by atoms with Crippen LogP contribution < -0.4 is 5.73 Å². The molecule has 1 rings (SSSR count). The lowest BCUT2D eigenvalue weighted by Gasteiger charge is -2.06. The van der Waals surface area contributed by atoms with Gasteiger partial charge in [-0.05, 0) is 12.8 Å². The summed E-state index contributed by atoms with van der Waals surface area (Å²) in [6.45, 7) is 0.853. The lowest BCUT2D eigenvalue weighted by atomic mass is 10.2. The van der Waals surface area contributed by atoms with Gasteiger partial charge in [-0.2, -0.15) is 0 Å². The van der Waals surface area contributed by atoms with Crippen molar-refractivity contribution in [2.24, 2.45) is 10.7 Å². The molecule has 0 spiro atoms. The highest BCUT2D eigenvalue weighted by Gasteiger charge is 2.05. The first-order valence-electron chi connectivity index (χ1n) is 2.64. The van der Waals surface area contributed by atoms with Gasteiger partial charge in [0.1, 0.15) is 5.84 Å². The quantitative estimate of drug-likeness (QED) is 0.483. The molecule has 0 fully saturated rings. The second kappa shape index (κ2) is 2.22. The zero-order chi connectivity index (χ0) is 5.98. The van der Waals surface area contributed by atoms with E-state index in [-0.39, 0.29) is 0 Å². The van der Waals surface area contributed by atoms with E-state index in [1.165, 1.54) is 0 Å². The van der Waals surface area contributed by atoms with Crippen molar-refractivity contribution < 1.29 is 0 Å². The summed E-state index contributed by atoms with van der Waals surface area (Å²) in [6, 6.07) is 0. The standard InChI is InChI=1S/C5H8N2S/c6-5-4(8)2-1-3-7-5/h1-3H2,(H2,6,7). The van der Waals surface area contributed by atoms with Gasteiger partial charge in [-0.25, -0.2) is 0 Å². The zero-order valence-electron chi connectivity index (χ0n) is 4.55. The monoisotopic (exact) mass is 128 g/mol. The highest BCUT2D eigenvalue weighted by molar-refractivity contribution is 7.82. The molecular formula is C5H8N2S. The van der Waals surface area contributed by atoms with E-state index in [4.69, 9.17) is 18.0 Å². The summed E-state index contributed by atoms with van der Waals surface area (Å²) in [7, 11) is 0. The molecule has 2 N–H and O–H groups in total. The number of aliphatic imine (C=N–C) groups is 1. The third kappa shape index (κ3) is 1.04. The molecule has 0 bridgehead atoms. The molecule has 0 aliphatic carbocycles. The summed E-state index contributed by atoms with van der Waals surface area (Å²) in [4.78, 5) is 4.79. The van der Waals surface area contributed by atoms with E-state index in [1.807, 2.05) is 0 Å². The van der Waals surface area contributed by atoms with E-state index in [1.54, 1.807) is 0 Å². The first kappa shape index (κ1) is 5.69. The Bertz CT molecular complexity index is 139. The largest absolute Gasteiger partial charge is 0.383 e. The molecule has 0 aromatic rings. The average molecular weight is 128 g/mol. The molecule has 3 heteroatoms. The van der Waals surface area contributed by atoms with Crippen molar-refractivity contribution in [1.82, 2.24) is 0 Å². The summed E-state index contributed by atoms with van der Waals surface area (Å²) in [5.41, 5.74) is 5.39. The Morgan fingerprint density at radius 2 is 2.38 bits per heavy atom. The molecule has 0 saturated heterocycles. The van der Waals surface area contributed by atoms with Crippen molar-refractivity contribution in [3.63, 3.8) is 0 Å². The minimum atomic E-state index is 0.575. The first-order valence-corrected chi connectivity index (χ1v) is 3.04. The van der Waals surface area contributed by atoms with Crippen molar-refractivity contribution in [3.05, 3.63) is 0 Å². The average Bonchev–Trinajstić information content (AvgIpc) is 1.77. The second-order valence-corrected chi connectivity index (χ2v) is 2.29. The van der Waals surface area contributed by atoms with Crippen LogP contribution in [-0.2, 0) is 0 Å². The van der Waals surface area contributed by atoms with Gasteiger partial charge in [-0.3, -0.25) is 4.99 Å². The van der Waals surface area contributed by atoms with E-state index >= 15 is 0 Å². The molecule has 0 radical (unpaired) electrons. The lowest BCUT2D eigenvalue weighted by Crippen LogP contribution is -2.25. The Kier molecular flexibility index (Phi) is 1.58. The van der Waals surface area contributed by atoms with E-state index in [2.05, 4.69) is 4.99 Å². The minimum absolute atomic E-state index is 0.575. The van der Waals surface area contributed by atoms with Crippen LogP contribution in [0.25, 0.3) is 0 Å². The van der Waals surface area contributed by atoms with Gasteiger partial charge >= 0.3 is 0 Å². The van der Waals surface area contributed by atoms with Gasteiger partial charge in [0.05, 0.1) is 4.86 Å². The Labute approximate surface area is 53.8 Å². The van der Waals surface area contributed by atoms with Crippen molar-refractivity contribution in [2.45, 2.75) is 12.8 Å². The van der Waals surface area contributed by atoms with Gasteiger partial charge in [0.25, 0.3) is 0 Å². The molecule has 2 nitrogen and oxygen atoms in total. The molecule has 0 amide bonds. The van der Waals surface area contributed by atoms with Crippen molar-refractivity contribution in [3.8, 4) is 0 Å². The summed E-state index contributed by atoms with van der Waals surface area (Å²) < 4.78 is 0. The van der Waals surface area contributed by atoms with Crippen LogP contribution in [0.1, 0.15) is 12.8 Å². The number of nitrogens with two attached hydrogens (primary N) is 1. The summed E-state index contributed by atoms with van der Waals surface area (Å²) >= 11 is 4.87. The fourth-order valence-corrected chi connectivity index (χ4v) is 0.864. The maximum atomic E-state index is 5.39. The highest BCUT2D eigenvalue weighted by atomic mass is 32.1. The van der Waals surface area contributed by atoms with E-state index in [9.17, 15) is 0 Å². The van der Waals surface area contributed by atoms with Crippen LogP contribution in [0.2, 0.25) is 0 Å². The van der Waals surface area contributed by atoms with Gasteiger partial charge in [0, 0.05) is 6.54 Å². The molecule has 1 heterocycles. The number of hydrogen-bond donors (Lipinski definition) is 1. The Hall–Kier alpha value is -0.440. The Balaban J connectivity index is 2.67. The Morgan fingerprint density at radius 3 is 2.75 bits per heavy atom. The molecule has 8 heavy (non-hydrogen) atoms. The molecule has 1 aliphatic heterocycles. The fourth-order valence-electron chi connectivity index (χ4n) is 0.655. The fraction of sp³-hybridized carbons (Fsp3) is 0.600. The first-order chi connectivity index (χ1) is 3.80. The third-order valence-electron chi connectivity index (χ3n) is 1.13. The third-order valence-corrected chi connectivity index (χ3v) is 1.54. The van der Waals surface area contributed by atoms with Gasteiger partial charge in [0.2, 0.25) is 0 Å². The lowest BCUT2D eigenvalue weighted by molar-refractivity contribution is 0.869. The van der Waals surface area contributed by atoms with Crippen molar-refractivity contribution >= 4 is 22.9 Å². The van der Waals surface area contributed by atoms with Crippen LogP contribution in [0.3, 0.4) is 0 Å². The molecule has 1 aliphatic rings. The molecular weight excluding hydrogens is 120 g/mol. The number of thiocarbonyl (C=S) groups is 1. The van der Waals surface area contributed by atoms with E-state index < -0.39 is 0 Å². The molecule has 0 saturated carbocycles. The Morgan fingerprint density at radius 1 is 1.62 bits per heavy atom. The van der Waals surface area contributed by atoms with E-state index in [0.29, 0.717) is 5.84 Å². The van der Waals surface area contributed by atoms with Gasteiger partial charge in [-0.1, -0.05) is 12.2 Å². The predicted octanol–water partition coefficient (Wildman–Crippen LogP) is 0.507. The number of nitrogens with zero attached hydrogens (tertiary/aromatic N) is 1. The molecule has 0 atom stereocenters. The van der Waals surface area contributed by atoms with Crippen LogP contribution >= 0.6 is 12.2 Å². The van der Waals surface area contributed by atoms with Crippen LogP contribution in [-0.4, -0.2) is 17.2 Å². The van der Waals surface area contributed by atoms with Gasteiger partial charge in [-0.15, -0.1) is 0 Å². The number of amidine groups is 1. The van der Waals surface area contributed by atoms with Crippen LogP contribution in [0, 0.1) is 0 Å². The molecule has 44 valence electrons. The van der Waals surface area contributed by atoms with E-state index in [0.717, 1.165) is 24.3 Å². The smallest absolute Gasteiger partial charge is 0.132 e. The van der Waals surface area contributed by atoms with Gasteiger partial charge < -0.3 is 5.73 Å². The molecule has 0 unspecified atom stereocenters. The molecule has 0 aromatic heterocycles. The molecule has 0 aromatic carbocycles. The van der Waals surface area contributed by atoms with Crippen LogP contribution in [0.15, 0.2) is 4.99 Å². The summed E-state index contributed by atoms with van der Waals surface area (Å²) in [5.74, 6) is 0.575. The highest BCUT2D eigenvalue weighted by Crippen LogP contribution is 2.00. The van der Waals surface area contributed by atoms with Crippen LogP contribution in [0.4, 0.5) is 0 Å². The summed E-state index contributed by atoms with van der Waals surface area (Å²) in [5, 5.41) is 0. The number of hydrogen-bond acceptors (Lipinski definition) is 3. The maximum absolute atomic E-state index is 5.39. The number of rotatable bonds is 0. The predicted molar refractivity (Wildman–Crippen MR) is 38.3 cm³/mol. The topological polar surface area (TPSA) is 38.4 Å². The maximum Gasteiger partial charge on any atom is 0.132 e. The van der Waals surface area contributed by atoms with Gasteiger partial charge in [0.15, 0.2) is 0 Å². The van der Waals surface area contributed by atoms with Crippen molar-refractivity contribution in [2.75, 3.05) is 6.54 Å². The normalized spacial score (nSPS) is 20.5. The SMILES string of the molecule is NC1=NCCCC1=S. The van der Waals surface area contributed by atoms with Crippen LogP contribution in [0.5, 0.6) is 0 Å². The second-order valence-electron chi connectivity index (χ2n) is 1.79. The minimum Gasteiger partial charge on any atom is -0.383 e. The summed E-state index contributed by atoms with van der Waals surface area (Å²) in [6.07, 6.45) is 2.02. The zero-order valence-corrected chi connectivity index (χ0v) is 5.37. The van der Waals surface area contributed by atoms with Crippen molar-refractivity contribution in [1.29, 1.82) is 0 Å².